The molecule has 3 rings (SSSR count). The molecule has 1 aromatic heterocycles. The number of aryl methyl sites for hydroxylation is 1. The van der Waals surface area contributed by atoms with Crippen molar-refractivity contribution in [2.45, 2.75) is 44.7 Å². The number of ketones is 1. The summed E-state index contributed by atoms with van der Waals surface area (Å²) in [5.41, 5.74) is 1.07. The lowest BCUT2D eigenvalue weighted by Gasteiger charge is -2.28. The van der Waals surface area contributed by atoms with Gasteiger partial charge in [0.05, 0.1) is 16.8 Å². The van der Waals surface area contributed by atoms with Crippen LogP contribution < -0.4 is 5.56 Å². The maximum absolute atomic E-state index is 12.9. The number of hydrogen-bond acceptors (Lipinski definition) is 5. The molecule has 1 N–H and O–H groups in total. The summed E-state index contributed by atoms with van der Waals surface area (Å²) in [4.78, 5) is 25.4. The average Bonchev–Trinajstić information content (AvgIpc) is 2.98. The lowest BCUT2D eigenvalue weighted by molar-refractivity contribution is 0.0562. The normalized spacial score (nSPS) is 18.5. The predicted octanol–water partition coefficient (Wildman–Crippen LogP) is 1.99. The van der Waals surface area contributed by atoms with Crippen LogP contribution in [-0.4, -0.2) is 36.3 Å². The van der Waals surface area contributed by atoms with Gasteiger partial charge >= 0.3 is 0 Å². The van der Waals surface area contributed by atoms with Gasteiger partial charge in [0, 0.05) is 30.5 Å². The van der Waals surface area contributed by atoms with Crippen LogP contribution in [0.15, 0.2) is 28.0 Å². The molecule has 1 atom stereocenters. The number of benzene rings is 1. The summed E-state index contributed by atoms with van der Waals surface area (Å²) in [6, 6.07) is 2.95. The number of carbonyl (C=O) groups excluding carboxylic acids is 1. The molecule has 1 aromatic carbocycles. The monoisotopic (exact) mass is 378 g/mol. The molecular weight excluding hydrogens is 356 g/mol. The number of sulfone groups is 1. The highest BCUT2D eigenvalue weighted by Gasteiger charge is 2.34. The molecule has 8 heteroatoms. The summed E-state index contributed by atoms with van der Waals surface area (Å²) in [6.07, 6.45) is 1.38. The van der Waals surface area contributed by atoms with Crippen LogP contribution in [0.2, 0.25) is 0 Å². The third kappa shape index (κ3) is 2.93. The van der Waals surface area contributed by atoms with Gasteiger partial charge in [-0.25, -0.2) is 8.42 Å². The maximum atomic E-state index is 12.9. The second-order valence-electron chi connectivity index (χ2n) is 6.27. The van der Waals surface area contributed by atoms with Crippen molar-refractivity contribution in [3.63, 3.8) is 0 Å². The molecule has 1 aliphatic rings. The van der Waals surface area contributed by atoms with Crippen LogP contribution in [0, 0.1) is 6.92 Å². The third-order valence-electron chi connectivity index (χ3n) is 4.79. The Kier molecular flexibility index (Phi) is 4.90. The van der Waals surface area contributed by atoms with Crippen LogP contribution in [0.4, 0.5) is 0 Å². The molecule has 26 heavy (non-hydrogen) atoms. The number of ether oxygens (including phenoxy) is 1. The Hall–Kier alpha value is -2.19. The van der Waals surface area contributed by atoms with Gasteiger partial charge in [0.15, 0.2) is 15.6 Å². The standard InChI is InChI=1S/C18H22N2O5S/c1-4-20-18(22)13(10-19-20)17(21)12-6-7-15-16(11(12)3)14(25-5-2)8-9-26(15,23)24/h6-7,10,14,19H,4-5,8-9H2,1-3H3. The first-order valence-electron chi connectivity index (χ1n) is 8.62. The van der Waals surface area contributed by atoms with Crippen LogP contribution >= 0.6 is 0 Å². The van der Waals surface area contributed by atoms with Crippen LogP contribution in [0.1, 0.15) is 53.4 Å². The van der Waals surface area contributed by atoms with Crippen molar-refractivity contribution >= 4 is 15.6 Å². The van der Waals surface area contributed by atoms with E-state index in [4.69, 9.17) is 4.74 Å². The van der Waals surface area contributed by atoms with E-state index >= 15 is 0 Å². The molecule has 1 aliphatic heterocycles. The van der Waals surface area contributed by atoms with Gasteiger partial charge in [-0.15, -0.1) is 0 Å². The fourth-order valence-electron chi connectivity index (χ4n) is 3.46. The number of carbonyl (C=O) groups is 1. The second kappa shape index (κ2) is 6.85. The lowest BCUT2D eigenvalue weighted by Crippen LogP contribution is -2.25. The fraction of sp³-hybridized carbons (Fsp3) is 0.444. The maximum Gasteiger partial charge on any atom is 0.277 e. The second-order valence-corrected chi connectivity index (χ2v) is 8.34. The number of hydrogen-bond donors (Lipinski definition) is 1. The van der Waals surface area contributed by atoms with E-state index in [2.05, 4.69) is 5.10 Å². The van der Waals surface area contributed by atoms with Crippen molar-refractivity contribution in [1.82, 2.24) is 9.78 Å². The van der Waals surface area contributed by atoms with Crippen LogP contribution in [0.3, 0.4) is 0 Å². The highest BCUT2D eigenvalue weighted by atomic mass is 32.2. The Morgan fingerprint density at radius 1 is 1.31 bits per heavy atom. The van der Waals surface area contributed by atoms with E-state index in [9.17, 15) is 18.0 Å². The molecule has 0 amide bonds. The quantitative estimate of drug-likeness (QED) is 0.803. The Balaban J connectivity index is 2.16. The summed E-state index contributed by atoms with van der Waals surface area (Å²) in [6.45, 7) is 6.23. The largest absolute Gasteiger partial charge is 0.374 e. The summed E-state index contributed by atoms with van der Waals surface area (Å²) in [7, 11) is -3.39. The van der Waals surface area contributed by atoms with E-state index in [0.29, 0.717) is 36.3 Å². The lowest BCUT2D eigenvalue weighted by atomic mass is 9.93. The van der Waals surface area contributed by atoms with Gasteiger partial charge in [0.25, 0.3) is 5.56 Å². The minimum atomic E-state index is -3.39. The van der Waals surface area contributed by atoms with E-state index in [-0.39, 0.29) is 27.9 Å². The van der Waals surface area contributed by atoms with Gasteiger partial charge in [-0.3, -0.25) is 14.3 Å². The van der Waals surface area contributed by atoms with Crippen molar-refractivity contribution in [2.75, 3.05) is 12.4 Å². The summed E-state index contributed by atoms with van der Waals surface area (Å²) < 4.78 is 31.9. The van der Waals surface area contributed by atoms with Crippen LogP contribution in [0.25, 0.3) is 0 Å². The Labute approximate surface area is 151 Å². The first-order valence-corrected chi connectivity index (χ1v) is 10.3. The number of aromatic nitrogens is 2. The Morgan fingerprint density at radius 2 is 2.04 bits per heavy atom. The summed E-state index contributed by atoms with van der Waals surface area (Å²) >= 11 is 0. The molecule has 0 spiro atoms. The molecule has 0 fully saturated rings. The topological polar surface area (TPSA) is 98.2 Å². The van der Waals surface area contributed by atoms with E-state index in [1.807, 2.05) is 6.92 Å². The smallest absolute Gasteiger partial charge is 0.277 e. The van der Waals surface area contributed by atoms with Crippen molar-refractivity contribution in [3.05, 3.63) is 50.9 Å². The van der Waals surface area contributed by atoms with Gasteiger partial charge in [0.2, 0.25) is 0 Å². The van der Waals surface area contributed by atoms with Crippen molar-refractivity contribution in [3.8, 4) is 0 Å². The molecule has 2 heterocycles. The molecule has 140 valence electrons. The van der Waals surface area contributed by atoms with E-state index in [1.54, 1.807) is 13.8 Å². The zero-order valence-corrected chi connectivity index (χ0v) is 15.9. The summed E-state index contributed by atoms with van der Waals surface area (Å²) in [5, 5.41) is 2.76. The third-order valence-corrected chi connectivity index (χ3v) is 6.59. The number of rotatable bonds is 5. The van der Waals surface area contributed by atoms with Gasteiger partial charge < -0.3 is 9.84 Å². The molecular formula is C18H22N2O5S. The minimum absolute atomic E-state index is 0.0242. The molecule has 0 aliphatic carbocycles. The molecule has 0 saturated carbocycles. The number of H-pyrrole nitrogens is 1. The zero-order valence-electron chi connectivity index (χ0n) is 15.0. The Bertz CT molecular complexity index is 1020. The predicted molar refractivity (Wildman–Crippen MR) is 96.4 cm³/mol. The number of aromatic amines is 1. The number of fused-ring (bicyclic) bond motifs is 1. The van der Waals surface area contributed by atoms with Gasteiger partial charge in [-0.2, -0.15) is 0 Å². The SMILES string of the molecule is CCOC1CCS(=O)(=O)c2ccc(C(=O)c3c[nH]n(CC)c3=O)c(C)c21. The van der Waals surface area contributed by atoms with Gasteiger partial charge in [-0.1, -0.05) is 0 Å². The molecule has 0 bridgehead atoms. The van der Waals surface area contributed by atoms with Crippen molar-refractivity contribution < 1.29 is 17.9 Å². The van der Waals surface area contributed by atoms with E-state index in [1.165, 1.54) is 23.0 Å². The number of nitrogens with one attached hydrogen (secondary N) is 1. The molecule has 2 aromatic rings. The Morgan fingerprint density at radius 3 is 2.65 bits per heavy atom. The highest BCUT2D eigenvalue weighted by Crippen LogP contribution is 2.38. The first kappa shape index (κ1) is 18.6. The molecule has 0 saturated heterocycles. The minimum Gasteiger partial charge on any atom is -0.374 e. The molecule has 0 radical (unpaired) electrons. The van der Waals surface area contributed by atoms with Crippen LogP contribution in [-0.2, 0) is 21.1 Å². The highest BCUT2D eigenvalue weighted by molar-refractivity contribution is 7.91. The molecule has 7 nitrogen and oxygen atoms in total. The van der Waals surface area contributed by atoms with Crippen LogP contribution in [0.5, 0.6) is 0 Å². The van der Waals surface area contributed by atoms with E-state index in [0.717, 1.165) is 0 Å². The number of nitrogens with zero attached hydrogens (tertiary/aromatic N) is 1. The fourth-order valence-corrected chi connectivity index (χ4v) is 5.10. The summed E-state index contributed by atoms with van der Waals surface area (Å²) in [5.74, 6) is -0.395. The van der Waals surface area contributed by atoms with Gasteiger partial charge in [-0.05, 0) is 44.9 Å². The van der Waals surface area contributed by atoms with Crippen molar-refractivity contribution in [1.29, 1.82) is 0 Å². The average molecular weight is 378 g/mol. The van der Waals surface area contributed by atoms with Crippen molar-refractivity contribution in [2.24, 2.45) is 0 Å². The first-order chi connectivity index (χ1) is 12.3. The van der Waals surface area contributed by atoms with E-state index < -0.39 is 15.6 Å². The molecule has 1 unspecified atom stereocenters. The van der Waals surface area contributed by atoms with Gasteiger partial charge in [0.1, 0.15) is 5.56 Å². The zero-order chi connectivity index (χ0) is 19.1.